The zero-order chi connectivity index (χ0) is 11.6. The van der Waals surface area contributed by atoms with Crippen LogP contribution in [0.4, 0.5) is 0 Å². The summed E-state index contributed by atoms with van der Waals surface area (Å²) in [7, 11) is 0. The minimum absolute atomic E-state index is 0.127. The van der Waals surface area contributed by atoms with Gasteiger partial charge in [-0.1, -0.05) is 13.3 Å². The van der Waals surface area contributed by atoms with Crippen LogP contribution < -0.4 is 0 Å². The van der Waals surface area contributed by atoms with E-state index >= 15 is 0 Å². The van der Waals surface area contributed by atoms with Gasteiger partial charge >= 0.3 is 0 Å². The summed E-state index contributed by atoms with van der Waals surface area (Å²) in [6.07, 6.45) is 6.86. The maximum absolute atomic E-state index is 10.3. The Morgan fingerprint density at radius 1 is 1.25 bits per heavy atom. The average molecular weight is 227 g/mol. The van der Waals surface area contributed by atoms with Crippen LogP contribution in [0.15, 0.2) is 0 Å². The van der Waals surface area contributed by atoms with E-state index in [1.165, 1.54) is 0 Å². The van der Waals surface area contributed by atoms with Crippen molar-refractivity contribution < 1.29 is 10.2 Å². The van der Waals surface area contributed by atoms with Crippen molar-refractivity contribution in [1.82, 2.24) is 4.90 Å². The smallest absolute Gasteiger partial charge is 0.0695 e. The molecule has 2 aliphatic rings. The van der Waals surface area contributed by atoms with Crippen molar-refractivity contribution >= 4 is 0 Å². The van der Waals surface area contributed by atoms with Gasteiger partial charge in [0.05, 0.1) is 11.7 Å². The summed E-state index contributed by atoms with van der Waals surface area (Å²) < 4.78 is 0. The number of nitrogens with zero attached hydrogens (tertiary/aromatic N) is 1. The van der Waals surface area contributed by atoms with Gasteiger partial charge in [0.15, 0.2) is 0 Å². The minimum Gasteiger partial charge on any atom is -0.391 e. The molecule has 2 atom stereocenters. The fourth-order valence-electron chi connectivity index (χ4n) is 3.33. The first-order valence-electron chi connectivity index (χ1n) is 6.79. The highest BCUT2D eigenvalue weighted by Gasteiger charge is 2.37. The Balaban J connectivity index is 1.85. The number of aliphatic hydroxyl groups is 2. The van der Waals surface area contributed by atoms with Gasteiger partial charge in [-0.15, -0.1) is 0 Å². The number of aliphatic hydroxyl groups excluding tert-OH is 1. The molecule has 3 nitrogen and oxygen atoms in total. The van der Waals surface area contributed by atoms with Crippen LogP contribution >= 0.6 is 0 Å². The number of rotatable bonds is 3. The summed E-state index contributed by atoms with van der Waals surface area (Å²) in [5.74, 6) is 0. The van der Waals surface area contributed by atoms with E-state index in [-0.39, 0.29) is 6.10 Å². The molecule has 2 fully saturated rings. The van der Waals surface area contributed by atoms with E-state index in [0.29, 0.717) is 6.04 Å². The van der Waals surface area contributed by atoms with Crippen LogP contribution in [0.5, 0.6) is 0 Å². The largest absolute Gasteiger partial charge is 0.391 e. The van der Waals surface area contributed by atoms with Gasteiger partial charge in [0.2, 0.25) is 0 Å². The van der Waals surface area contributed by atoms with Gasteiger partial charge in [0, 0.05) is 19.1 Å². The van der Waals surface area contributed by atoms with E-state index in [4.69, 9.17) is 0 Å². The monoisotopic (exact) mass is 227 g/mol. The summed E-state index contributed by atoms with van der Waals surface area (Å²) in [5, 5.41) is 20.2. The molecule has 1 saturated carbocycles. The molecular formula is C13H25NO2. The molecule has 1 heterocycles. The molecule has 3 heteroatoms. The maximum Gasteiger partial charge on any atom is 0.0695 e. The second-order valence-corrected chi connectivity index (χ2v) is 5.58. The summed E-state index contributed by atoms with van der Waals surface area (Å²) in [6.45, 7) is 4.04. The standard InChI is InChI=1S/C13H25NO2/c1-2-6-13(16)7-9-14(10-8-13)11-4-3-5-12(11)15/h11-12,15-16H,2-10H2,1H3/t11-,12-/m1/s1. The van der Waals surface area contributed by atoms with Crippen molar-refractivity contribution in [3.8, 4) is 0 Å². The molecule has 0 aromatic carbocycles. The third kappa shape index (κ3) is 2.58. The second-order valence-electron chi connectivity index (χ2n) is 5.58. The van der Waals surface area contributed by atoms with Crippen molar-refractivity contribution in [2.24, 2.45) is 0 Å². The van der Waals surface area contributed by atoms with Crippen LogP contribution in [0.25, 0.3) is 0 Å². The Kier molecular flexibility index (Phi) is 3.88. The summed E-state index contributed by atoms with van der Waals surface area (Å²) >= 11 is 0. The van der Waals surface area contributed by atoms with Gasteiger partial charge in [0.1, 0.15) is 0 Å². The van der Waals surface area contributed by atoms with E-state index in [9.17, 15) is 10.2 Å². The molecule has 16 heavy (non-hydrogen) atoms. The van der Waals surface area contributed by atoms with Crippen LogP contribution in [0.3, 0.4) is 0 Å². The van der Waals surface area contributed by atoms with Crippen LogP contribution in [0, 0.1) is 0 Å². The van der Waals surface area contributed by atoms with E-state index in [0.717, 1.165) is 58.0 Å². The lowest BCUT2D eigenvalue weighted by molar-refractivity contribution is -0.0486. The Bertz CT molecular complexity index is 224. The molecular weight excluding hydrogens is 202 g/mol. The first kappa shape index (κ1) is 12.3. The number of likely N-dealkylation sites (tertiary alicyclic amines) is 1. The molecule has 2 N–H and O–H groups in total. The molecule has 0 amide bonds. The van der Waals surface area contributed by atoms with Gasteiger partial charge in [-0.25, -0.2) is 0 Å². The predicted octanol–water partition coefficient (Wildman–Crippen LogP) is 1.53. The van der Waals surface area contributed by atoms with Gasteiger partial charge in [-0.3, -0.25) is 4.90 Å². The summed E-state index contributed by atoms with van der Waals surface area (Å²) in [4.78, 5) is 2.39. The number of hydrogen-bond acceptors (Lipinski definition) is 3. The zero-order valence-corrected chi connectivity index (χ0v) is 10.4. The van der Waals surface area contributed by atoms with Crippen LogP contribution in [-0.2, 0) is 0 Å². The molecule has 0 aromatic rings. The van der Waals surface area contributed by atoms with Crippen molar-refractivity contribution in [3.05, 3.63) is 0 Å². The van der Waals surface area contributed by atoms with Crippen molar-refractivity contribution in [3.63, 3.8) is 0 Å². The van der Waals surface area contributed by atoms with Crippen molar-refractivity contribution in [2.75, 3.05) is 13.1 Å². The molecule has 0 unspecified atom stereocenters. The molecule has 0 aromatic heterocycles. The molecule has 1 aliphatic carbocycles. The van der Waals surface area contributed by atoms with Gasteiger partial charge in [-0.05, 0) is 38.5 Å². The first-order chi connectivity index (χ1) is 7.64. The van der Waals surface area contributed by atoms with E-state index in [1.54, 1.807) is 0 Å². The first-order valence-corrected chi connectivity index (χ1v) is 6.79. The lowest BCUT2D eigenvalue weighted by Gasteiger charge is -2.41. The fraction of sp³-hybridized carbons (Fsp3) is 1.00. The molecule has 0 bridgehead atoms. The second kappa shape index (κ2) is 5.03. The quantitative estimate of drug-likeness (QED) is 0.768. The van der Waals surface area contributed by atoms with Crippen molar-refractivity contribution in [1.29, 1.82) is 0 Å². The minimum atomic E-state index is -0.422. The molecule has 0 spiro atoms. The normalized spacial score (nSPS) is 35.4. The molecule has 2 rings (SSSR count). The Labute approximate surface area is 98.5 Å². The average Bonchev–Trinajstić information content (AvgIpc) is 2.66. The lowest BCUT2D eigenvalue weighted by atomic mass is 9.86. The topological polar surface area (TPSA) is 43.7 Å². The Morgan fingerprint density at radius 3 is 2.44 bits per heavy atom. The lowest BCUT2D eigenvalue weighted by Crippen LogP contribution is -2.50. The molecule has 1 aliphatic heterocycles. The maximum atomic E-state index is 10.3. The fourth-order valence-corrected chi connectivity index (χ4v) is 3.33. The zero-order valence-electron chi connectivity index (χ0n) is 10.4. The van der Waals surface area contributed by atoms with Crippen molar-refractivity contribution in [2.45, 2.75) is 69.6 Å². The number of hydrogen-bond donors (Lipinski definition) is 2. The third-order valence-corrected chi connectivity index (χ3v) is 4.36. The van der Waals surface area contributed by atoms with Gasteiger partial charge in [0.25, 0.3) is 0 Å². The molecule has 1 saturated heterocycles. The summed E-state index contributed by atoms with van der Waals surface area (Å²) in [5.41, 5.74) is -0.422. The van der Waals surface area contributed by atoms with Gasteiger partial charge in [-0.2, -0.15) is 0 Å². The summed E-state index contributed by atoms with van der Waals surface area (Å²) in [6, 6.07) is 0.367. The van der Waals surface area contributed by atoms with Crippen LogP contribution in [-0.4, -0.2) is 45.9 Å². The van der Waals surface area contributed by atoms with E-state index < -0.39 is 5.60 Å². The Hall–Kier alpha value is -0.120. The van der Waals surface area contributed by atoms with Crippen LogP contribution in [0.1, 0.15) is 51.9 Å². The highest BCUT2D eigenvalue weighted by Crippen LogP contribution is 2.31. The predicted molar refractivity (Wildman–Crippen MR) is 64.3 cm³/mol. The SMILES string of the molecule is CCCC1(O)CCN([C@@H]2CCC[C@H]2O)CC1. The highest BCUT2D eigenvalue weighted by atomic mass is 16.3. The highest BCUT2D eigenvalue weighted by molar-refractivity contribution is 4.92. The number of piperidine rings is 1. The van der Waals surface area contributed by atoms with E-state index in [1.807, 2.05) is 0 Å². The molecule has 0 radical (unpaired) electrons. The van der Waals surface area contributed by atoms with Crippen LogP contribution in [0.2, 0.25) is 0 Å². The molecule has 94 valence electrons. The van der Waals surface area contributed by atoms with E-state index in [2.05, 4.69) is 11.8 Å². The Morgan fingerprint density at radius 2 is 1.94 bits per heavy atom. The third-order valence-electron chi connectivity index (χ3n) is 4.36. The van der Waals surface area contributed by atoms with Gasteiger partial charge < -0.3 is 10.2 Å².